The maximum absolute atomic E-state index is 11.4. The Morgan fingerprint density at radius 2 is 1.88 bits per heavy atom. The molecule has 0 radical (unpaired) electrons. The lowest BCUT2D eigenvalue weighted by Gasteiger charge is -2.43. The lowest BCUT2D eigenvalue weighted by molar-refractivity contribution is -0.117. The van der Waals surface area contributed by atoms with Crippen molar-refractivity contribution in [3.8, 4) is 0 Å². The molecule has 0 atom stereocenters. The molecule has 1 heterocycles. The molecule has 0 aromatic rings. The van der Waals surface area contributed by atoms with E-state index in [1.165, 1.54) is 0 Å². The van der Waals surface area contributed by atoms with E-state index in [0.717, 1.165) is 26.2 Å². The van der Waals surface area contributed by atoms with Gasteiger partial charge >= 0.3 is 0 Å². The largest absolute Gasteiger partial charge is 0.351 e. The molecule has 4 nitrogen and oxygen atoms in total. The second-order valence-electron chi connectivity index (χ2n) is 5.32. The van der Waals surface area contributed by atoms with E-state index in [1.54, 1.807) is 12.2 Å². The van der Waals surface area contributed by atoms with Gasteiger partial charge < -0.3 is 10.2 Å². The van der Waals surface area contributed by atoms with Crippen molar-refractivity contribution < 1.29 is 4.79 Å². The molecule has 1 amide bonds. The van der Waals surface area contributed by atoms with E-state index in [2.05, 4.69) is 36.0 Å². The predicted octanol–water partition coefficient (Wildman–Crippen LogP) is 0.705. The molecule has 1 rings (SSSR count). The summed E-state index contributed by atoms with van der Waals surface area (Å²) in [6.45, 7) is 11.3. The van der Waals surface area contributed by atoms with Crippen LogP contribution in [0, 0.1) is 0 Å². The van der Waals surface area contributed by atoms with Crippen LogP contribution in [0.25, 0.3) is 0 Å². The van der Waals surface area contributed by atoms with Crippen molar-refractivity contribution in [1.29, 1.82) is 0 Å². The third-order valence-corrected chi connectivity index (χ3v) is 3.37. The van der Waals surface area contributed by atoms with Crippen LogP contribution >= 0.6 is 0 Å². The molecule has 17 heavy (non-hydrogen) atoms. The zero-order valence-electron chi connectivity index (χ0n) is 11.5. The molecule has 1 saturated heterocycles. The van der Waals surface area contributed by atoms with Crippen LogP contribution in [-0.4, -0.2) is 61.0 Å². The number of carbonyl (C=O) groups excluding carboxylic acids is 1. The van der Waals surface area contributed by atoms with Crippen molar-refractivity contribution in [3.63, 3.8) is 0 Å². The van der Waals surface area contributed by atoms with Crippen LogP contribution in [0.1, 0.15) is 20.8 Å². The van der Waals surface area contributed by atoms with E-state index in [1.807, 2.05) is 6.92 Å². The Bertz CT molecular complexity index is 278. The molecular formula is C13H25N3O. The Labute approximate surface area is 105 Å². The van der Waals surface area contributed by atoms with Gasteiger partial charge in [-0.2, -0.15) is 0 Å². The van der Waals surface area contributed by atoms with Crippen molar-refractivity contribution in [3.05, 3.63) is 12.2 Å². The van der Waals surface area contributed by atoms with Gasteiger partial charge in [-0.25, -0.2) is 0 Å². The van der Waals surface area contributed by atoms with E-state index < -0.39 is 0 Å². The Kier molecular flexibility index (Phi) is 5.15. The van der Waals surface area contributed by atoms with Crippen LogP contribution in [0.4, 0.5) is 0 Å². The van der Waals surface area contributed by atoms with Crippen LogP contribution in [-0.2, 0) is 4.79 Å². The number of carbonyl (C=O) groups is 1. The molecule has 0 unspecified atom stereocenters. The highest BCUT2D eigenvalue weighted by Crippen LogP contribution is 2.15. The molecule has 1 aliphatic rings. The first-order valence-electron chi connectivity index (χ1n) is 6.30. The average molecular weight is 239 g/mol. The molecule has 98 valence electrons. The summed E-state index contributed by atoms with van der Waals surface area (Å²) in [5.74, 6) is -0.00491. The number of rotatable bonds is 4. The highest BCUT2D eigenvalue weighted by molar-refractivity contribution is 5.87. The summed E-state index contributed by atoms with van der Waals surface area (Å²) < 4.78 is 0. The van der Waals surface area contributed by atoms with Gasteiger partial charge in [0, 0.05) is 38.3 Å². The summed E-state index contributed by atoms with van der Waals surface area (Å²) in [6.07, 6.45) is 3.33. The molecule has 1 fully saturated rings. The molecule has 1 aliphatic heterocycles. The van der Waals surface area contributed by atoms with Crippen molar-refractivity contribution in [1.82, 2.24) is 15.1 Å². The predicted molar refractivity (Wildman–Crippen MR) is 71.0 cm³/mol. The van der Waals surface area contributed by atoms with Gasteiger partial charge in [-0.1, -0.05) is 6.08 Å². The monoisotopic (exact) mass is 239 g/mol. The van der Waals surface area contributed by atoms with E-state index in [4.69, 9.17) is 0 Å². The Morgan fingerprint density at radius 1 is 1.29 bits per heavy atom. The van der Waals surface area contributed by atoms with Crippen LogP contribution < -0.4 is 5.32 Å². The van der Waals surface area contributed by atoms with Crippen LogP contribution in [0.3, 0.4) is 0 Å². The molecule has 0 aliphatic carbocycles. The fraction of sp³-hybridized carbons (Fsp3) is 0.769. The number of hydrogen-bond donors (Lipinski definition) is 1. The van der Waals surface area contributed by atoms with Gasteiger partial charge in [0.25, 0.3) is 0 Å². The topological polar surface area (TPSA) is 35.6 Å². The van der Waals surface area contributed by atoms with Crippen molar-refractivity contribution in [2.24, 2.45) is 0 Å². The molecule has 1 N–H and O–H groups in total. The number of nitrogens with one attached hydrogen (secondary N) is 1. The van der Waals surface area contributed by atoms with Gasteiger partial charge in [0.15, 0.2) is 0 Å². The minimum atomic E-state index is -0.00491. The van der Waals surface area contributed by atoms with Gasteiger partial charge in [-0.15, -0.1) is 0 Å². The van der Waals surface area contributed by atoms with Crippen molar-refractivity contribution in [2.45, 2.75) is 26.3 Å². The van der Waals surface area contributed by atoms with E-state index in [9.17, 15) is 4.79 Å². The van der Waals surface area contributed by atoms with Gasteiger partial charge in [-0.05, 0) is 33.9 Å². The van der Waals surface area contributed by atoms with Gasteiger partial charge in [-0.3, -0.25) is 9.69 Å². The normalized spacial score (nSPS) is 19.8. The molecule has 0 bridgehead atoms. The third-order valence-electron chi connectivity index (χ3n) is 3.37. The van der Waals surface area contributed by atoms with Crippen molar-refractivity contribution >= 4 is 5.91 Å². The first-order chi connectivity index (χ1) is 7.95. The standard InChI is InChI=1S/C13H25N3O/c1-5-6-12(17)14-11-13(2,3)16-9-7-15(4)8-10-16/h5-6H,7-11H2,1-4H3,(H,14,17). The third kappa shape index (κ3) is 4.48. The van der Waals surface area contributed by atoms with Gasteiger partial charge in [0.1, 0.15) is 0 Å². The lowest BCUT2D eigenvalue weighted by Crippen LogP contribution is -2.57. The molecule has 0 aromatic heterocycles. The Balaban J connectivity index is 2.42. The summed E-state index contributed by atoms with van der Waals surface area (Å²) in [6, 6.07) is 0. The highest BCUT2D eigenvalue weighted by atomic mass is 16.1. The number of piperazine rings is 1. The first-order valence-corrected chi connectivity index (χ1v) is 6.30. The minimum absolute atomic E-state index is 0.00491. The summed E-state index contributed by atoms with van der Waals surface area (Å²) >= 11 is 0. The molecule has 0 aromatic carbocycles. The van der Waals surface area contributed by atoms with Crippen molar-refractivity contribution in [2.75, 3.05) is 39.8 Å². The Morgan fingerprint density at radius 3 is 2.41 bits per heavy atom. The van der Waals surface area contributed by atoms with E-state index in [0.29, 0.717) is 6.54 Å². The number of likely N-dealkylation sites (N-methyl/N-ethyl adjacent to an activating group) is 1. The van der Waals surface area contributed by atoms with Gasteiger partial charge in [0.2, 0.25) is 5.91 Å². The molecule has 0 spiro atoms. The molecule has 0 saturated carbocycles. The van der Waals surface area contributed by atoms with E-state index >= 15 is 0 Å². The summed E-state index contributed by atoms with van der Waals surface area (Å²) in [5, 5.41) is 2.95. The first kappa shape index (κ1) is 14.2. The quantitative estimate of drug-likeness (QED) is 0.734. The zero-order valence-corrected chi connectivity index (χ0v) is 11.5. The number of amides is 1. The fourth-order valence-corrected chi connectivity index (χ4v) is 2.04. The van der Waals surface area contributed by atoms with Crippen LogP contribution in [0.15, 0.2) is 12.2 Å². The van der Waals surface area contributed by atoms with Gasteiger partial charge in [0.05, 0.1) is 0 Å². The summed E-state index contributed by atoms with van der Waals surface area (Å²) in [7, 11) is 2.15. The lowest BCUT2D eigenvalue weighted by atomic mass is 10.0. The highest BCUT2D eigenvalue weighted by Gasteiger charge is 2.29. The zero-order chi connectivity index (χ0) is 12.9. The SMILES string of the molecule is CC=CC(=O)NCC(C)(C)N1CCN(C)CC1. The van der Waals surface area contributed by atoms with E-state index in [-0.39, 0.29) is 11.4 Å². The second kappa shape index (κ2) is 6.17. The second-order valence-corrected chi connectivity index (χ2v) is 5.32. The summed E-state index contributed by atoms with van der Waals surface area (Å²) in [4.78, 5) is 16.2. The number of nitrogens with zero attached hydrogens (tertiary/aromatic N) is 2. The minimum Gasteiger partial charge on any atom is -0.351 e. The maximum Gasteiger partial charge on any atom is 0.243 e. The average Bonchev–Trinajstić information content (AvgIpc) is 2.28. The number of allylic oxidation sites excluding steroid dienone is 1. The fourth-order valence-electron chi connectivity index (χ4n) is 2.04. The molecular weight excluding hydrogens is 214 g/mol. The van der Waals surface area contributed by atoms with Crippen LogP contribution in [0.2, 0.25) is 0 Å². The smallest absolute Gasteiger partial charge is 0.243 e. The number of hydrogen-bond acceptors (Lipinski definition) is 3. The maximum atomic E-state index is 11.4. The molecule has 4 heteroatoms. The van der Waals surface area contributed by atoms with Crippen LogP contribution in [0.5, 0.6) is 0 Å². The summed E-state index contributed by atoms with van der Waals surface area (Å²) in [5.41, 5.74) is 0.0263. The Hall–Kier alpha value is -0.870.